The van der Waals surface area contributed by atoms with E-state index in [0.717, 1.165) is 6.20 Å². The van der Waals surface area contributed by atoms with Crippen LogP contribution < -0.4 is 5.32 Å². The molecule has 0 aliphatic carbocycles. The van der Waals surface area contributed by atoms with Gasteiger partial charge >= 0.3 is 5.69 Å². The van der Waals surface area contributed by atoms with Crippen LogP contribution in [-0.2, 0) is 17.9 Å². The predicted octanol–water partition coefficient (Wildman–Crippen LogP) is 3.10. The lowest BCUT2D eigenvalue weighted by atomic mass is 10.1. The zero-order valence-corrected chi connectivity index (χ0v) is 15.5. The van der Waals surface area contributed by atoms with Crippen molar-refractivity contribution in [2.24, 2.45) is 5.92 Å². The molecule has 1 N–H and O–H groups in total. The molecule has 0 spiro atoms. The fourth-order valence-corrected chi connectivity index (χ4v) is 2.74. The highest BCUT2D eigenvalue weighted by Gasteiger charge is 2.17. The fourth-order valence-electron chi connectivity index (χ4n) is 2.52. The first-order valence-electron chi connectivity index (χ1n) is 8.27. The molecule has 28 heavy (non-hydrogen) atoms. The molecule has 9 nitrogen and oxygen atoms in total. The smallest absolute Gasteiger partial charge is 0.306 e. The zero-order valence-electron chi connectivity index (χ0n) is 14.7. The van der Waals surface area contributed by atoms with E-state index in [1.165, 1.54) is 27.7 Å². The normalized spacial score (nSPS) is 12.0. The van der Waals surface area contributed by atoms with Gasteiger partial charge in [0.1, 0.15) is 18.2 Å². The summed E-state index contributed by atoms with van der Waals surface area (Å²) in [7, 11) is 0. The molecule has 0 saturated heterocycles. The van der Waals surface area contributed by atoms with Crippen LogP contribution >= 0.6 is 11.6 Å². The van der Waals surface area contributed by atoms with Crippen molar-refractivity contribution in [3.63, 3.8) is 0 Å². The van der Waals surface area contributed by atoms with Gasteiger partial charge in [-0.2, -0.15) is 10.2 Å². The number of hydrogen-bond donors (Lipinski definition) is 1. The van der Waals surface area contributed by atoms with Crippen LogP contribution in [0.25, 0.3) is 0 Å². The Morgan fingerprint density at radius 3 is 2.86 bits per heavy atom. The van der Waals surface area contributed by atoms with Crippen molar-refractivity contribution < 1.29 is 14.1 Å². The van der Waals surface area contributed by atoms with Gasteiger partial charge in [-0.3, -0.25) is 24.3 Å². The summed E-state index contributed by atoms with van der Waals surface area (Å²) in [6, 6.07) is 6.01. The van der Waals surface area contributed by atoms with Crippen molar-refractivity contribution in [3.8, 4) is 0 Å². The Morgan fingerprint density at radius 1 is 1.39 bits per heavy atom. The fraction of sp³-hybridized carbons (Fsp3) is 0.235. The second-order valence-electron chi connectivity index (χ2n) is 6.17. The molecule has 0 fully saturated rings. The average molecular weight is 407 g/mol. The number of nitrogens with one attached hydrogen (secondary N) is 1. The first-order chi connectivity index (χ1) is 13.3. The molecule has 11 heteroatoms. The molecule has 2 aromatic heterocycles. The van der Waals surface area contributed by atoms with Gasteiger partial charge in [0.2, 0.25) is 5.91 Å². The van der Waals surface area contributed by atoms with Crippen LogP contribution in [-0.4, -0.2) is 30.4 Å². The number of carbonyl (C=O) groups is 1. The third-order valence-electron chi connectivity index (χ3n) is 4.01. The number of halogens is 2. The summed E-state index contributed by atoms with van der Waals surface area (Å²) in [4.78, 5) is 22.4. The molecule has 2 heterocycles. The standard InChI is InChI=1S/C17H16ClFN6O3/c1-11(8-24-9-12(7-20-24)25(27)28)17(26)21-16-5-6-23(22-16)10-13-14(18)3-2-4-15(13)19/h2-7,9,11H,8,10H2,1H3,(H,21,22,26). The third kappa shape index (κ3) is 4.52. The van der Waals surface area contributed by atoms with Crippen LogP contribution in [0.4, 0.5) is 15.9 Å². The largest absolute Gasteiger partial charge is 0.309 e. The number of carbonyl (C=O) groups excluding carboxylic acids is 1. The van der Waals surface area contributed by atoms with Gasteiger partial charge in [0.15, 0.2) is 5.82 Å². The van der Waals surface area contributed by atoms with Gasteiger partial charge in [-0.15, -0.1) is 0 Å². The molecule has 0 aliphatic rings. The van der Waals surface area contributed by atoms with Gasteiger partial charge in [0, 0.05) is 22.8 Å². The molecule has 0 aliphatic heterocycles. The van der Waals surface area contributed by atoms with E-state index in [-0.39, 0.29) is 24.7 Å². The number of aromatic nitrogens is 4. The number of amides is 1. The van der Waals surface area contributed by atoms with Crippen LogP contribution in [0, 0.1) is 21.8 Å². The monoisotopic (exact) mass is 406 g/mol. The minimum Gasteiger partial charge on any atom is -0.309 e. The quantitative estimate of drug-likeness (QED) is 0.479. The summed E-state index contributed by atoms with van der Waals surface area (Å²) in [6.45, 7) is 1.96. The van der Waals surface area contributed by atoms with Crippen LogP contribution in [0.5, 0.6) is 0 Å². The van der Waals surface area contributed by atoms with E-state index in [0.29, 0.717) is 16.4 Å². The first-order valence-corrected chi connectivity index (χ1v) is 8.65. The number of nitro groups is 1. The van der Waals surface area contributed by atoms with E-state index in [1.807, 2.05) is 0 Å². The number of benzene rings is 1. The Morgan fingerprint density at radius 2 is 2.18 bits per heavy atom. The van der Waals surface area contributed by atoms with Crippen molar-refractivity contribution in [1.82, 2.24) is 19.6 Å². The predicted molar refractivity (Wildman–Crippen MR) is 99.4 cm³/mol. The molecular weight excluding hydrogens is 391 g/mol. The van der Waals surface area contributed by atoms with Gasteiger partial charge in [0.05, 0.1) is 23.9 Å². The van der Waals surface area contributed by atoms with Crippen LogP contribution in [0.15, 0.2) is 42.9 Å². The van der Waals surface area contributed by atoms with Crippen molar-refractivity contribution in [2.45, 2.75) is 20.0 Å². The molecule has 0 radical (unpaired) electrons. The summed E-state index contributed by atoms with van der Waals surface area (Å²) in [6.07, 6.45) is 3.98. The molecule has 1 unspecified atom stereocenters. The van der Waals surface area contributed by atoms with Crippen LogP contribution in [0.1, 0.15) is 12.5 Å². The van der Waals surface area contributed by atoms with Gasteiger partial charge in [-0.1, -0.05) is 24.6 Å². The molecule has 3 aromatic rings. The second kappa shape index (κ2) is 8.17. The molecule has 0 bridgehead atoms. The Labute approximate surface area is 163 Å². The number of anilines is 1. The highest BCUT2D eigenvalue weighted by atomic mass is 35.5. The Bertz CT molecular complexity index is 998. The molecule has 146 valence electrons. The Hall–Kier alpha value is -3.27. The SMILES string of the molecule is CC(Cn1cc([N+](=O)[O-])cn1)C(=O)Nc1ccn(Cc2c(F)cccc2Cl)n1. The maximum Gasteiger partial charge on any atom is 0.306 e. The zero-order chi connectivity index (χ0) is 20.3. The summed E-state index contributed by atoms with van der Waals surface area (Å²) < 4.78 is 16.7. The minimum absolute atomic E-state index is 0.119. The lowest BCUT2D eigenvalue weighted by Crippen LogP contribution is -2.25. The third-order valence-corrected chi connectivity index (χ3v) is 4.37. The number of nitrogens with zero attached hydrogens (tertiary/aromatic N) is 5. The number of hydrogen-bond acceptors (Lipinski definition) is 5. The molecular formula is C17H16ClFN6O3. The number of rotatable bonds is 7. The first kappa shape index (κ1) is 19.5. The van der Waals surface area contributed by atoms with Crippen molar-refractivity contribution >= 4 is 29.0 Å². The molecule has 3 rings (SSSR count). The minimum atomic E-state index is -0.553. The van der Waals surface area contributed by atoms with Crippen molar-refractivity contribution in [1.29, 1.82) is 0 Å². The van der Waals surface area contributed by atoms with E-state index < -0.39 is 16.7 Å². The van der Waals surface area contributed by atoms with E-state index in [4.69, 9.17) is 11.6 Å². The maximum absolute atomic E-state index is 13.9. The molecule has 0 saturated carbocycles. The van der Waals surface area contributed by atoms with E-state index >= 15 is 0 Å². The maximum atomic E-state index is 13.9. The Kier molecular flexibility index (Phi) is 5.69. The summed E-state index contributed by atoms with van der Waals surface area (Å²) >= 11 is 6.01. The lowest BCUT2D eigenvalue weighted by molar-refractivity contribution is -0.385. The van der Waals surface area contributed by atoms with Crippen molar-refractivity contribution in [2.75, 3.05) is 5.32 Å². The molecule has 1 amide bonds. The van der Waals surface area contributed by atoms with Gasteiger partial charge in [-0.25, -0.2) is 4.39 Å². The van der Waals surface area contributed by atoms with E-state index in [9.17, 15) is 19.3 Å². The highest BCUT2D eigenvalue weighted by molar-refractivity contribution is 6.31. The van der Waals surface area contributed by atoms with E-state index in [1.54, 1.807) is 25.3 Å². The second-order valence-corrected chi connectivity index (χ2v) is 6.57. The molecule has 1 aromatic carbocycles. The van der Waals surface area contributed by atoms with Gasteiger partial charge in [0.25, 0.3) is 0 Å². The van der Waals surface area contributed by atoms with Crippen molar-refractivity contribution in [3.05, 3.63) is 69.4 Å². The topological polar surface area (TPSA) is 108 Å². The average Bonchev–Trinajstić information content (AvgIpc) is 3.28. The highest BCUT2D eigenvalue weighted by Crippen LogP contribution is 2.20. The van der Waals surface area contributed by atoms with E-state index in [2.05, 4.69) is 15.5 Å². The van der Waals surface area contributed by atoms with Gasteiger partial charge in [-0.05, 0) is 12.1 Å². The summed E-state index contributed by atoms with van der Waals surface area (Å²) in [5.41, 5.74) is 0.164. The lowest BCUT2D eigenvalue weighted by Gasteiger charge is -2.10. The van der Waals surface area contributed by atoms with Crippen LogP contribution in [0.2, 0.25) is 5.02 Å². The summed E-state index contributed by atoms with van der Waals surface area (Å²) in [5, 5.41) is 21.7. The Balaban J connectivity index is 1.60. The summed E-state index contributed by atoms with van der Waals surface area (Å²) in [5.74, 6) is -0.968. The van der Waals surface area contributed by atoms with Gasteiger partial charge < -0.3 is 5.32 Å². The van der Waals surface area contributed by atoms with Crippen LogP contribution in [0.3, 0.4) is 0 Å². The molecule has 1 atom stereocenters.